The lowest BCUT2D eigenvalue weighted by Crippen LogP contribution is -2.18. The van der Waals surface area contributed by atoms with Gasteiger partial charge in [0.1, 0.15) is 4.83 Å². The van der Waals surface area contributed by atoms with E-state index < -0.39 is 0 Å². The molecule has 1 N–H and O–H groups in total. The molecule has 0 saturated carbocycles. The summed E-state index contributed by atoms with van der Waals surface area (Å²) in [7, 11) is 1.63. The maximum absolute atomic E-state index is 12.0. The number of nitrogens with one attached hydrogen (secondary N) is 1. The third-order valence-corrected chi connectivity index (χ3v) is 3.93. The molecule has 0 radical (unpaired) electrons. The first-order valence-electron chi connectivity index (χ1n) is 6.52. The van der Waals surface area contributed by atoms with Crippen molar-refractivity contribution in [2.45, 2.75) is 32.8 Å². The molecular formula is C14H18N2O3S. The Balaban J connectivity index is 2.19. The highest BCUT2D eigenvalue weighted by atomic mass is 32.1. The molecular weight excluding hydrogens is 276 g/mol. The first-order chi connectivity index (χ1) is 9.52. The van der Waals surface area contributed by atoms with E-state index in [9.17, 15) is 9.59 Å². The summed E-state index contributed by atoms with van der Waals surface area (Å²) in [6.45, 7) is 3.66. The number of thiazole rings is 1. The third kappa shape index (κ3) is 3.01. The van der Waals surface area contributed by atoms with Gasteiger partial charge in [-0.15, -0.1) is 11.3 Å². The number of esters is 1. The minimum absolute atomic E-state index is 0.0101. The van der Waals surface area contributed by atoms with Crippen LogP contribution in [-0.2, 0) is 16.0 Å². The Bertz CT molecular complexity index is 627. The minimum Gasteiger partial charge on any atom is -0.459 e. The quantitative estimate of drug-likeness (QED) is 0.860. The maximum atomic E-state index is 12.0. The molecule has 6 heteroatoms. The number of carbonyl (C=O) groups excluding carboxylic acids is 2. The molecule has 0 bridgehead atoms. The Hall–Kier alpha value is -1.82. The monoisotopic (exact) mass is 294 g/mol. The van der Waals surface area contributed by atoms with Gasteiger partial charge in [0.2, 0.25) is 5.91 Å². The van der Waals surface area contributed by atoms with E-state index >= 15 is 0 Å². The molecule has 0 spiro atoms. The van der Waals surface area contributed by atoms with E-state index in [4.69, 9.17) is 4.74 Å². The van der Waals surface area contributed by atoms with E-state index in [1.54, 1.807) is 13.1 Å². The summed E-state index contributed by atoms with van der Waals surface area (Å²) in [6, 6.07) is 1.76. The van der Waals surface area contributed by atoms with Crippen molar-refractivity contribution >= 4 is 28.0 Å². The van der Waals surface area contributed by atoms with E-state index in [2.05, 4.69) is 5.32 Å². The summed E-state index contributed by atoms with van der Waals surface area (Å²) >= 11 is 1.49. The fourth-order valence-corrected chi connectivity index (χ4v) is 2.97. The van der Waals surface area contributed by atoms with Gasteiger partial charge >= 0.3 is 5.97 Å². The average Bonchev–Trinajstić information content (AvgIpc) is 2.96. The minimum atomic E-state index is -0.304. The topological polar surface area (TPSA) is 59.8 Å². The molecule has 2 aromatic rings. The molecule has 20 heavy (non-hydrogen) atoms. The van der Waals surface area contributed by atoms with Crippen LogP contribution in [0.2, 0.25) is 0 Å². The van der Waals surface area contributed by atoms with Gasteiger partial charge in [-0.3, -0.25) is 4.79 Å². The highest BCUT2D eigenvalue weighted by molar-refractivity contribution is 7.16. The van der Waals surface area contributed by atoms with Crippen LogP contribution in [-0.4, -0.2) is 29.4 Å². The van der Waals surface area contributed by atoms with Crippen LogP contribution in [0, 0.1) is 0 Å². The smallest absolute Gasteiger partial charge is 0.341 e. The fourth-order valence-electron chi connectivity index (χ4n) is 1.92. The predicted octanol–water partition coefficient (Wildman–Crippen LogP) is 2.24. The number of fused-ring (bicyclic) bond motifs is 1. The van der Waals surface area contributed by atoms with Crippen molar-refractivity contribution in [3.63, 3.8) is 0 Å². The van der Waals surface area contributed by atoms with Crippen molar-refractivity contribution in [1.82, 2.24) is 9.72 Å². The van der Waals surface area contributed by atoms with Gasteiger partial charge in [0.15, 0.2) is 0 Å². The van der Waals surface area contributed by atoms with E-state index in [-0.39, 0.29) is 18.0 Å². The van der Waals surface area contributed by atoms with Gasteiger partial charge in [0.05, 0.1) is 11.7 Å². The Labute approximate surface area is 121 Å². The Kier molecular flexibility index (Phi) is 4.44. The third-order valence-electron chi connectivity index (χ3n) is 2.91. The molecule has 0 atom stereocenters. The zero-order chi connectivity index (χ0) is 14.7. The molecule has 0 fully saturated rings. The standard InChI is InChI=1S/C14H18N2O3S/c1-9(2)19-14(18)11-6-7-16-10(8-20-13(11)16)4-5-12(17)15-3/h6-9H,4-5H2,1-3H3,(H,15,17). The summed E-state index contributed by atoms with van der Waals surface area (Å²) in [5.74, 6) is -0.293. The van der Waals surface area contributed by atoms with Crippen LogP contribution < -0.4 is 5.32 Å². The van der Waals surface area contributed by atoms with Crippen LogP contribution in [0.15, 0.2) is 17.6 Å². The highest BCUT2D eigenvalue weighted by Crippen LogP contribution is 2.24. The van der Waals surface area contributed by atoms with Gasteiger partial charge in [-0.2, -0.15) is 0 Å². The summed E-state index contributed by atoms with van der Waals surface area (Å²) in [5.41, 5.74) is 1.60. The van der Waals surface area contributed by atoms with Gasteiger partial charge < -0.3 is 14.5 Å². The first kappa shape index (κ1) is 14.6. The van der Waals surface area contributed by atoms with Gasteiger partial charge in [0, 0.05) is 30.7 Å². The molecule has 0 aromatic carbocycles. The molecule has 108 valence electrons. The molecule has 0 saturated heterocycles. The van der Waals surface area contributed by atoms with Crippen molar-refractivity contribution in [3.8, 4) is 0 Å². The normalized spacial score (nSPS) is 11.0. The largest absolute Gasteiger partial charge is 0.459 e. The van der Waals surface area contributed by atoms with E-state index in [0.717, 1.165) is 10.5 Å². The predicted molar refractivity (Wildman–Crippen MR) is 78.2 cm³/mol. The van der Waals surface area contributed by atoms with E-state index in [1.165, 1.54) is 11.3 Å². The molecule has 0 aliphatic heterocycles. The summed E-state index contributed by atoms with van der Waals surface area (Å²) in [5, 5.41) is 4.58. The van der Waals surface area contributed by atoms with Crippen molar-refractivity contribution < 1.29 is 14.3 Å². The number of carbonyl (C=O) groups is 2. The fraction of sp³-hybridized carbons (Fsp3) is 0.429. The van der Waals surface area contributed by atoms with Crippen LogP contribution in [0.25, 0.3) is 4.83 Å². The second-order valence-electron chi connectivity index (χ2n) is 4.76. The molecule has 0 unspecified atom stereocenters. The summed E-state index contributed by atoms with van der Waals surface area (Å²) in [6.07, 6.45) is 2.80. The van der Waals surface area contributed by atoms with Crippen molar-refractivity contribution in [1.29, 1.82) is 0 Å². The number of nitrogens with zero attached hydrogens (tertiary/aromatic N) is 1. The first-order valence-corrected chi connectivity index (χ1v) is 7.40. The van der Waals surface area contributed by atoms with Gasteiger partial charge in [-0.1, -0.05) is 0 Å². The lowest BCUT2D eigenvalue weighted by molar-refractivity contribution is -0.120. The van der Waals surface area contributed by atoms with Gasteiger partial charge in [0.25, 0.3) is 0 Å². The van der Waals surface area contributed by atoms with Crippen LogP contribution in [0.3, 0.4) is 0 Å². The van der Waals surface area contributed by atoms with Crippen molar-refractivity contribution in [3.05, 3.63) is 28.9 Å². The molecule has 1 amide bonds. The zero-order valence-corrected chi connectivity index (χ0v) is 12.6. The molecule has 2 heterocycles. The second kappa shape index (κ2) is 6.09. The molecule has 2 rings (SSSR count). The summed E-state index contributed by atoms with van der Waals surface area (Å²) < 4.78 is 7.17. The molecule has 0 aliphatic rings. The van der Waals surface area contributed by atoms with Crippen LogP contribution in [0.4, 0.5) is 0 Å². The number of rotatable bonds is 5. The Morgan fingerprint density at radius 2 is 2.20 bits per heavy atom. The number of aromatic nitrogens is 1. The Morgan fingerprint density at radius 1 is 1.45 bits per heavy atom. The maximum Gasteiger partial charge on any atom is 0.341 e. The average molecular weight is 294 g/mol. The van der Waals surface area contributed by atoms with E-state index in [0.29, 0.717) is 18.4 Å². The van der Waals surface area contributed by atoms with E-state index in [1.807, 2.05) is 29.8 Å². The van der Waals surface area contributed by atoms with Crippen LogP contribution in [0.1, 0.15) is 36.3 Å². The lowest BCUT2D eigenvalue weighted by atomic mass is 10.2. The highest BCUT2D eigenvalue weighted by Gasteiger charge is 2.17. The summed E-state index contributed by atoms with van der Waals surface area (Å²) in [4.78, 5) is 24.1. The number of amides is 1. The van der Waals surface area contributed by atoms with Crippen molar-refractivity contribution in [2.75, 3.05) is 7.05 Å². The molecule has 2 aromatic heterocycles. The van der Waals surface area contributed by atoms with Gasteiger partial charge in [-0.25, -0.2) is 4.79 Å². The number of ether oxygens (including phenoxy) is 1. The second-order valence-corrected chi connectivity index (χ2v) is 5.62. The van der Waals surface area contributed by atoms with Gasteiger partial charge in [-0.05, 0) is 26.3 Å². The number of hydrogen-bond donors (Lipinski definition) is 1. The zero-order valence-electron chi connectivity index (χ0n) is 11.8. The molecule has 0 aliphatic carbocycles. The molecule has 5 nitrogen and oxygen atoms in total. The number of hydrogen-bond acceptors (Lipinski definition) is 4. The van der Waals surface area contributed by atoms with Crippen LogP contribution in [0.5, 0.6) is 0 Å². The lowest BCUT2D eigenvalue weighted by Gasteiger charge is -2.05. The Morgan fingerprint density at radius 3 is 2.85 bits per heavy atom. The van der Waals surface area contributed by atoms with Crippen molar-refractivity contribution in [2.24, 2.45) is 0 Å². The van der Waals surface area contributed by atoms with Crippen LogP contribution >= 0.6 is 11.3 Å². The SMILES string of the molecule is CNC(=O)CCc1csc2c(C(=O)OC(C)C)ccn12. The number of aryl methyl sites for hydroxylation is 1.